The van der Waals surface area contributed by atoms with Crippen molar-refractivity contribution in [2.45, 2.75) is 77.6 Å². The van der Waals surface area contributed by atoms with Gasteiger partial charge in [0.25, 0.3) is 0 Å². The van der Waals surface area contributed by atoms with Gasteiger partial charge < -0.3 is 0 Å². The average molecular weight is 251 g/mol. The highest BCUT2D eigenvalue weighted by Gasteiger charge is 1.99. The highest BCUT2D eigenvalue weighted by Crippen LogP contribution is 2.34. The van der Waals surface area contributed by atoms with E-state index < -0.39 is 0 Å². The lowest BCUT2D eigenvalue weighted by Gasteiger charge is -2.03. The normalized spacial score (nSPS) is 15.7. The van der Waals surface area contributed by atoms with Crippen LogP contribution in [0.2, 0.25) is 0 Å². The van der Waals surface area contributed by atoms with Crippen molar-refractivity contribution in [1.29, 1.82) is 0 Å². The van der Waals surface area contributed by atoms with E-state index in [1.165, 1.54) is 79.2 Å². The van der Waals surface area contributed by atoms with Crippen LogP contribution in [-0.4, -0.2) is 0 Å². The fourth-order valence-corrected chi connectivity index (χ4v) is 3.10. The molecule has 0 bridgehead atoms. The smallest absolute Gasteiger partial charge is 0.0225 e. The van der Waals surface area contributed by atoms with Gasteiger partial charge in [-0.3, -0.25) is 0 Å². The molecule has 1 radical (unpaired) electrons. The van der Waals surface area contributed by atoms with Crippen LogP contribution < -0.4 is 0 Å². The number of allylic oxidation sites excluding steroid dienone is 3. The first-order valence-electron chi connectivity index (χ1n) is 7.50. The van der Waals surface area contributed by atoms with Gasteiger partial charge in [-0.2, -0.15) is 0 Å². The molecule has 0 fully saturated rings. The molecule has 0 N–H and O–H groups in total. The zero-order valence-corrected chi connectivity index (χ0v) is 12.4. The Morgan fingerprint density at radius 3 is 1.94 bits per heavy atom. The third-order valence-corrected chi connectivity index (χ3v) is 4.43. The quantitative estimate of drug-likeness (QED) is 0.284. The van der Waals surface area contributed by atoms with E-state index in [0.29, 0.717) is 0 Å². The predicted octanol–water partition coefficient (Wildman–Crippen LogP) is 6.65. The van der Waals surface area contributed by atoms with Gasteiger partial charge in [-0.05, 0) is 26.7 Å². The molecule has 0 aromatic heterocycles. The Hall–Kier alpha value is -0.0900. The maximum absolute atomic E-state index is 2.29. The molecule has 1 aliphatic rings. The number of unbranched alkanes of at least 4 members (excludes halogenated alkanes) is 9. The minimum atomic E-state index is 1.32. The number of hydrogen-bond acceptors (Lipinski definition) is 0. The molecule has 0 aromatic rings. The van der Waals surface area contributed by atoms with E-state index in [1.807, 2.05) is 0 Å². The third kappa shape index (κ3) is 8.61. The second-order valence-electron chi connectivity index (χ2n) is 5.06. The summed E-state index contributed by atoms with van der Waals surface area (Å²) in [5.41, 5.74) is 0. The van der Waals surface area contributed by atoms with Gasteiger partial charge in [0.05, 0.1) is 0 Å². The fourth-order valence-electron chi connectivity index (χ4n) is 2.28. The van der Waals surface area contributed by atoms with E-state index in [1.54, 1.807) is 5.31 Å². The molecular weight excluding hydrogens is 223 g/mol. The Balaban J connectivity index is 1.72. The maximum Gasteiger partial charge on any atom is -0.0225 e. The summed E-state index contributed by atoms with van der Waals surface area (Å²) in [4.78, 5) is 0. The molecule has 0 aromatic carbocycles. The number of rotatable bonds is 11. The van der Waals surface area contributed by atoms with Gasteiger partial charge in [-0.25, -0.2) is 0 Å². The summed E-state index contributed by atoms with van der Waals surface area (Å²) < 4.78 is 0. The van der Waals surface area contributed by atoms with Gasteiger partial charge >= 0.3 is 0 Å². The van der Waals surface area contributed by atoms with Gasteiger partial charge in [0.15, 0.2) is 0 Å². The zero-order chi connectivity index (χ0) is 12.2. The van der Waals surface area contributed by atoms with E-state index >= 15 is 0 Å². The highest BCUT2D eigenvalue weighted by atomic mass is 31.1. The second-order valence-corrected chi connectivity index (χ2v) is 6.19. The summed E-state index contributed by atoms with van der Waals surface area (Å²) in [6.07, 6.45) is 20.2. The lowest BCUT2D eigenvalue weighted by molar-refractivity contribution is 0.557. The molecule has 0 saturated heterocycles. The lowest BCUT2D eigenvalue weighted by atomic mass is 10.1. The molecule has 0 unspecified atom stereocenters. The van der Waals surface area contributed by atoms with Crippen molar-refractivity contribution >= 4 is 8.58 Å². The van der Waals surface area contributed by atoms with Crippen molar-refractivity contribution in [1.82, 2.24) is 0 Å². The molecule has 97 valence electrons. The molecule has 17 heavy (non-hydrogen) atoms. The molecule has 0 atom stereocenters. The lowest BCUT2D eigenvalue weighted by Crippen LogP contribution is -1.82. The summed E-state index contributed by atoms with van der Waals surface area (Å²) >= 11 is 0. The Morgan fingerprint density at radius 1 is 0.824 bits per heavy atom. The average Bonchev–Trinajstić information content (AvgIpc) is 2.85. The highest BCUT2D eigenvalue weighted by molar-refractivity contribution is 7.47. The van der Waals surface area contributed by atoms with Crippen LogP contribution in [0.25, 0.3) is 0 Å². The van der Waals surface area contributed by atoms with Crippen molar-refractivity contribution in [3.05, 3.63) is 23.3 Å². The molecule has 1 rings (SSSR count). The van der Waals surface area contributed by atoms with Crippen LogP contribution in [0.15, 0.2) is 23.3 Å². The van der Waals surface area contributed by atoms with Gasteiger partial charge in [0, 0.05) is 0 Å². The summed E-state index contributed by atoms with van der Waals surface area (Å²) in [6.45, 7) is 2.29. The molecule has 0 nitrogen and oxygen atoms in total. The van der Waals surface area contributed by atoms with E-state index in [2.05, 4.69) is 24.9 Å². The van der Waals surface area contributed by atoms with Crippen LogP contribution in [0.5, 0.6) is 0 Å². The standard InChI is InChI=1S/C16H28P/c1-2-3-4-5-6-7-8-9-10-11-13-16-14-12-15-17-16/h12,14-15H,2-11,13H2,1H3. The minimum absolute atomic E-state index is 1.32. The molecule has 0 saturated carbocycles. The fraction of sp³-hybridized carbons (Fsp3) is 0.750. The first-order chi connectivity index (χ1) is 8.43. The van der Waals surface area contributed by atoms with Crippen LogP contribution in [0.1, 0.15) is 77.6 Å². The van der Waals surface area contributed by atoms with Crippen LogP contribution in [0, 0.1) is 0 Å². The molecule has 1 aliphatic heterocycles. The van der Waals surface area contributed by atoms with Crippen molar-refractivity contribution in [2.24, 2.45) is 0 Å². The molecule has 0 amide bonds. The van der Waals surface area contributed by atoms with E-state index in [-0.39, 0.29) is 0 Å². The van der Waals surface area contributed by atoms with Crippen molar-refractivity contribution < 1.29 is 0 Å². The Morgan fingerprint density at radius 2 is 1.41 bits per heavy atom. The summed E-state index contributed by atoms with van der Waals surface area (Å²) in [5, 5.41) is 1.62. The Labute approximate surface area is 110 Å². The SMILES string of the molecule is CCCCCCCCCCCCC1=CC=C[P]1. The summed E-state index contributed by atoms with van der Waals surface area (Å²) in [6, 6.07) is 0. The minimum Gasteiger partial charge on any atom is -0.0654 e. The van der Waals surface area contributed by atoms with Crippen molar-refractivity contribution in [3.63, 3.8) is 0 Å². The summed E-state index contributed by atoms with van der Waals surface area (Å²) in [5.74, 6) is 2.24. The maximum atomic E-state index is 2.29. The number of hydrogen-bond donors (Lipinski definition) is 0. The van der Waals surface area contributed by atoms with Crippen LogP contribution in [0.4, 0.5) is 0 Å². The molecular formula is C16H28P. The van der Waals surface area contributed by atoms with Gasteiger partial charge in [-0.1, -0.05) is 82.7 Å². The Bertz CT molecular complexity index is 228. The Kier molecular flexibility index (Phi) is 9.71. The third-order valence-electron chi connectivity index (χ3n) is 3.40. The van der Waals surface area contributed by atoms with Crippen LogP contribution >= 0.6 is 8.58 Å². The van der Waals surface area contributed by atoms with Crippen molar-refractivity contribution in [2.75, 3.05) is 0 Å². The van der Waals surface area contributed by atoms with Crippen LogP contribution in [0.3, 0.4) is 0 Å². The monoisotopic (exact) mass is 251 g/mol. The molecule has 1 heteroatoms. The topological polar surface area (TPSA) is 0 Å². The molecule has 1 heterocycles. The van der Waals surface area contributed by atoms with Gasteiger partial charge in [-0.15, -0.1) is 0 Å². The predicted molar refractivity (Wildman–Crippen MR) is 80.6 cm³/mol. The van der Waals surface area contributed by atoms with Crippen molar-refractivity contribution in [3.8, 4) is 0 Å². The first-order valence-corrected chi connectivity index (χ1v) is 8.46. The van der Waals surface area contributed by atoms with Gasteiger partial charge in [0.1, 0.15) is 0 Å². The second kappa shape index (κ2) is 11.0. The first kappa shape index (κ1) is 15.0. The molecule has 0 spiro atoms. The van der Waals surface area contributed by atoms with E-state index in [0.717, 1.165) is 0 Å². The van der Waals surface area contributed by atoms with E-state index in [9.17, 15) is 0 Å². The summed E-state index contributed by atoms with van der Waals surface area (Å²) in [7, 11) is 1.45. The zero-order valence-electron chi connectivity index (χ0n) is 11.5. The molecule has 0 aliphatic carbocycles. The van der Waals surface area contributed by atoms with E-state index in [4.69, 9.17) is 0 Å². The van der Waals surface area contributed by atoms with Gasteiger partial charge in [0.2, 0.25) is 0 Å². The van der Waals surface area contributed by atoms with Crippen LogP contribution in [-0.2, 0) is 0 Å². The largest absolute Gasteiger partial charge is 0.0654 e.